The molecule has 10 nitrogen and oxygen atoms in total. The highest BCUT2D eigenvalue weighted by Gasteiger charge is 2.29. The van der Waals surface area contributed by atoms with E-state index < -0.39 is 32.0 Å². The van der Waals surface area contributed by atoms with Crippen LogP contribution in [-0.2, 0) is 24.8 Å². The van der Waals surface area contributed by atoms with Gasteiger partial charge in [-0.1, -0.05) is 11.6 Å². The first-order valence-corrected chi connectivity index (χ1v) is 13.7. The number of carbonyl (C=O) groups is 1. The Kier molecular flexibility index (Phi) is 9.17. The molecule has 0 aliphatic rings. The molecule has 13 heteroatoms. The van der Waals surface area contributed by atoms with Crippen LogP contribution in [0.5, 0.6) is 11.5 Å². The number of methoxy groups -OCH3 is 1. The molecule has 0 aliphatic carbocycles. The average molecular weight is 534 g/mol. The van der Waals surface area contributed by atoms with Crippen LogP contribution in [-0.4, -0.2) is 73.7 Å². The van der Waals surface area contributed by atoms with Crippen LogP contribution in [0.15, 0.2) is 47.4 Å². The number of ether oxygens (including phenoxy) is 2. The van der Waals surface area contributed by atoms with E-state index in [0.29, 0.717) is 11.5 Å². The second-order valence-electron chi connectivity index (χ2n) is 7.45. The minimum absolute atomic E-state index is 0.0888. The van der Waals surface area contributed by atoms with Crippen LogP contribution >= 0.6 is 11.6 Å². The summed E-state index contributed by atoms with van der Waals surface area (Å²) in [6.45, 7) is 1.65. The third-order valence-electron chi connectivity index (χ3n) is 4.75. The molecule has 0 spiro atoms. The van der Waals surface area contributed by atoms with Crippen LogP contribution in [0.4, 0.5) is 5.69 Å². The second kappa shape index (κ2) is 11.3. The maximum absolute atomic E-state index is 12.6. The van der Waals surface area contributed by atoms with Gasteiger partial charge in [-0.05, 0) is 49.4 Å². The van der Waals surface area contributed by atoms with E-state index in [1.54, 1.807) is 0 Å². The van der Waals surface area contributed by atoms with E-state index >= 15 is 0 Å². The maximum atomic E-state index is 12.6. The molecule has 0 saturated carbocycles. The highest BCUT2D eigenvalue weighted by Crippen LogP contribution is 2.31. The molecule has 34 heavy (non-hydrogen) atoms. The summed E-state index contributed by atoms with van der Waals surface area (Å²) in [6.07, 6.45) is 0.998. The monoisotopic (exact) mass is 533 g/mol. The van der Waals surface area contributed by atoms with E-state index in [4.69, 9.17) is 21.1 Å². The van der Waals surface area contributed by atoms with Crippen molar-refractivity contribution in [3.8, 4) is 11.5 Å². The van der Waals surface area contributed by atoms with Crippen LogP contribution < -0.4 is 19.1 Å². The number of hydrogen-bond donors (Lipinski definition) is 1. The first-order chi connectivity index (χ1) is 15.8. The number of hydrogen-bond acceptors (Lipinski definition) is 7. The molecule has 0 bridgehead atoms. The van der Waals surface area contributed by atoms with Gasteiger partial charge in [-0.3, -0.25) is 9.10 Å². The Morgan fingerprint density at radius 2 is 1.71 bits per heavy atom. The fourth-order valence-corrected chi connectivity index (χ4v) is 5.33. The van der Waals surface area contributed by atoms with Crippen molar-refractivity contribution in [2.45, 2.75) is 17.9 Å². The van der Waals surface area contributed by atoms with Crippen LogP contribution in [0.25, 0.3) is 0 Å². The van der Waals surface area contributed by atoms with Crippen molar-refractivity contribution < 1.29 is 31.1 Å². The summed E-state index contributed by atoms with van der Waals surface area (Å²) in [6, 6.07) is 9.25. The Labute approximate surface area is 205 Å². The highest BCUT2D eigenvalue weighted by molar-refractivity contribution is 7.92. The molecular weight excluding hydrogens is 506 g/mol. The highest BCUT2D eigenvalue weighted by atomic mass is 35.5. The van der Waals surface area contributed by atoms with E-state index in [-0.39, 0.29) is 28.8 Å². The lowest BCUT2D eigenvalue weighted by Gasteiger charge is -2.28. The summed E-state index contributed by atoms with van der Waals surface area (Å²) in [7, 11) is -3.02. The molecule has 0 saturated heterocycles. The third kappa shape index (κ3) is 6.75. The van der Waals surface area contributed by atoms with Gasteiger partial charge in [0.1, 0.15) is 24.1 Å². The largest absolute Gasteiger partial charge is 0.495 e. The lowest BCUT2D eigenvalue weighted by Crippen LogP contribution is -2.48. The van der Waals surface area contributed by atoms with Crippen LogP contribution in [0, 0.1) is 0 Å². The molecular formula is C21H28ClN3O7S2. The predicted octanol–water partition coefficient (Wildman–Crippen LogP) is 1.95. The molecule has 2 rings (SSSR count). The normalized spacial score (nSPS) is 12.8. The molecule has 188 valence electrons. The minimum atomic E-state index is -3.81. The van der Waals surface area contributed by atoms with Crippen LogP contribution in [0.2, 0.25) is 5.02 Å². The SMILES string of the molecule is COc1ccc(N([C@H](C)C(=O)NCCOc2ccc(S(=O)(=O)N(C)C)cc2)S(C)(=O)=O)cc1Cl. The summed E-state index contributed by atoms with van der Waals surface area (Å²) < 4.78 is 61.7. The van der Waals surface area contributed by atoms with E-state index in [2.05, 4.69) is 5.32 Å². The van der Waals surface area contributed by atoms with Crippen LogP contribution in [0.3, 0.4) is 0 Å². The van der Waals surface area contributed by atoms with Crippen molar-refractivity contribution in [1.29, 1.82) is 0 Å². The Morgan fingerprint density at radius 3 is 2.21 bits per heavy atom. The fraction of sp³-hybridized carbons (Fsp3) is 0.381. The molecule has 0 unspecified atom stereocenters. The number of benzene rings is 2. The smallest absolute Gasteiger partial charge is 0.243 e. The molecule has 1 amide bonds. The molecule has 2 aromatic carbocycles. The molecule has 2 aromatic rings. The number of anilines is 1. The van der Waals surface area contributed by atoms with Gasteiger partial charge in [0.2, 0.25) is 26.0 Å². The van der Waals surface area contributed by atoms with Crippen LogP contribution in [0.1, 0.15) is 6.92 Å². The molecule has 0 fully saturated rings. The number of carbonyl (C=O) groups excluding carboxylic acids is 1. The van der Waals surface area contributed by atoms with E-state index in [1.165, 1.54) is 70.6 Å². The Morgan fingerprint density at radius 1 is 1.09 bits per heavy atom. The molecule has 1 N–H and O–H groups in total. The summed E-state index contributed by atoms with van der Waals surface area (Å²) in [5.74, 6) is 0.263. The molecule has 0 aliphatic heterocycles. The van der Waals surface area contributed by atoms with E-state index in [0.717, 1.165) is 14.9 Å². The van der Waals surface area contributed by atoms with Crippen molar-refractivity contribution in [2.75, 3.05) is 44.9 Å². The zero-order chi connectivity index (χ0) is 25.7. The van der Waals surface area contributed by atoms with Gasteiger partial charge in [-0.15, -0.1) is 0 Å². The number of amides is 1. The number of rotatable bonds is 11. The number of nitrogens with zero attached hydrogens (tertiary/aromatic N) is 2. The van der Waals surface area contributed by atoms with E-state index in [9.17, 15) is 21.6 Å². The molecule has 0 heterocycles. The third-order valence-corrected chi connectivity index (χ3v) is 8.12. The Balaban J connectivity index is 2.00. The summed E-state index contributed by atoms with van der Waals surface area (Å²) in [4.78, 5) is 12.8. The lowest BCUT2D eigenvalue weighted by atomic mass is 10.2. The van der Waals surface area contributed by atoms with Crippen molar-refractivity contribution in [2.24, 2.45) is 0 Å². The first-order valence-electron chi connectivity index (χ1n) is 10.0. The van der Waals surface area contributed by atoms with Crippen molar-refractivity contribution >= 4 is 43.2 Å². The second-order valence-corrected chi connectivity index (χ2v) is 11.9. The fourth-order valence-electron chi connectivity index (χ4n) is 3.01. The molecule has 0 radical (unpaired) electrons. The molecule has 1 atom stereocenters. The van der Waals surface area contributed by atoms with Gasteiger partial charge >= 0.3 is 0 Å². The summed E-state index contributed by atoms with van der Waals surface area (Å²) >= 11 is 6.12. The topological polar surface area (TPSA) is 122 Å². The van der Waals surface area contributed by atoms with Gasteiger partial charge in [-0.2, -0.15) is 0 Å². The standard InChI is InChI=1S/C21H28ClN3O7S2/c1-15(25(33(5,27)28)16-6-11-20(31-4)19(22)14-16)21(26)23-12-13-32-17-7-9-18(10-8-17)34(29,30)24(2)3/h6-11,14-15H,12-13H2,1-5H3,(H,23,26)/t15-/m1/s1. The molecule has 0 aromatic heterocycles. The summed E-state index contributed by atoms with van der Waals surface area (Å²) in [5, 5.41) is 2.84. The summed E-state index contributed by atoms with van der Waals surface area (Å²) in [5.41, 5.74) is 0.222. The van der Waals surface area contributed by atoms with Gasteiger partial charge in [0.05, 0.1) is 35.5 Å². The average Bonchev–Trinajstić information content (AvgIpc) is 2.76. The van der Waals surface area contributed by atoms with Gasteiger partial charge in [0.15, 0.2) is 0 Å². The quantitative estimate of drug-likeness (QED) is 0.438. The number of nitrogens with one attached hydrogen (secondary N) is 1. The lowest BCUT2D eigenvalue weighted by molar-refractivity contribution is -0.121. The van der Waals surface area contributed by atoms with Gasteiger partial charge in [-0.25, -0.2) is 21.1 Å². The number of sulfonamides is 2. The van der Waals surface area contributed by atoms with Crippen molar-refractivity contribution in [3.05, 3.63) is 47.5 Å². The zero-order valence-electron chi connectivity index (χ0n) is 19.5. The predicted molar refractivity (Wildman–Crippen MR) is 131 cm³/mol. The zero-order valence-corrected chi connectivity index (χ0v) is 21.9. The van der Waals surface area contributed by atoms with Gasteiger partial charge in [0.25, 0.3) is 0 Å². The van der Waals surface area contributed by atoms with Gasteiger partial charge in [0, 0.05) is 14.1 Å². The van der Waals surface area contributed by atoms with E-state index in [1.807, 2.05) is 0 Å². The van der Waals surface area contributed by atoms with Crippen molar-refractivity contribution in [1.82, 2.24) is 9.62 Å². The first kappa shape index (κ1) is 27.7. The Hall–Kier alpha value is -2.54. The maximum Gasteiger partial charge on any atom is 0.243 e. The van der Waals surface area contributed by atoms with Crippen molar-refractivity contribution in [3.63, 3.8) is 0 Å². The minimum Gasteiger partial charge on any atom is -0.495 e. The van der Waals surface area contributed by atoms with Gasteiger partial charge < -0.3 is 14.8 Å². The Bertz CT molecular complexity index is 1220. The number of halogens is 1.